The summed E-state index contributed by atoms with van der Waals surface area (Å²) in [6.07, 6.45) is 0.246. The first kappa shape index (κ1) is 32.1. The molecule has 0 aliphatic carbocycles. The Balaban J connectivity index is 2.13. The van der Waals surface area contributed by atoms with Crippen LogP contribution in [0.1, 0.15) is 36.1 Å². The molecule has 0 aliphatic heterocycles. The Morgan fingerprint density at radius 1 is 0.902 bits per heavy atom. The van der Waals surface area contributed by atoms with Crippen molar-refractivity contribution in [2.45, 2.75) is 52.7 Å². The number of nitrogens with one attached hydrogen (secondary N) is 1. The highest BCUT2D eigenvalue weighted by molar-refractivity contribution is 7.90. The summed E-state index contributed by atoms with van der Waals surface area (Å²) < 4.78 is 29.4. The summed E-state index contributed by atoms with van der Waals surface area (Å²) in [5, 5.41) is 3.44. The molecule has 0 saturated carbocycles. The van der Waals surface area contributed by atoms with Crippen molar-refractivity contribution in [3.63, 3.8) is 0 Å². The number of anilines is 1. The number of amides is 2. The zero-order valence-electron chi connectivity index (χ0n) is 24.5. The number of nitrogens with zero attached hydrogens (tertiary/aromatic N) is 3. The van der Waals surface area contributed by atoms with Crippen molar-refractivity contribution in [3.05, 3.63) is 100 Å². The summed E-state index contributed by atoms with van der Waals surface area (Å²) in [5.41, 5.74) is 3.54. The van der Waals surface area contributed by atoms with Crippen LogP contribution in [-0.4, -0.2) is 62.2 Å². The smallest absolute Gasteiger partial charge is 0.304 e. The van der Waals surface area contributed by atoms with Gasteiger partial charge in [-0.25, -0.2) is 4.31 Å². The van der Waals surface area contributed by atoms with Gasteiger partial charge in [-0.05, 0) is 68.1 Å². The molecule has 41 heavy (non-hydrogen) atoms. The molecule has 0 unspecified atom stereocenters. The van der Waals surface area contributed by atoms with E-state index >= 15 is 0 Å². The van der Waals surface area contributed by atoms with E-state index in [2.05, 4.69) is 5.32 Å². The molecule has 3 rings (SSSR count). The molecule has 0 bridgehead atoms. The summed E-state index contributed by atoms with van der Waals surface area (Å²) >= 11 is 6.26. The Kier molecular flexibility index (Phi) is 11.0. The van der Waals surface area contributed by atoms with Crippen molar-refractivity contribution in [1.29, 1.82) is 0 Å². The highest BCUT2D eigenvalue weighted by Crippen LogP contribution is 2.26. The van der Waals surface area contributed by atoms with Gasteiger partial charge in [-0.3, -0.25) is 9.59 Å². The Morgan fingerprint density at radius 2 is 1.56 bits per heavy atom. The van der Waals surface area contributed by atoms with Gasteiger partial charge in [0.25, 0.3) is 0 Å². The molecule has 2 amide bonds. The Hall–Kier alpha value is -3.40. The molecule has 8 nitrogen and oxygen atoms in total. The molecule has 220 valence electrons. The summed E-state index contributed by atoms with van der Waals surface area (Å²) in [4.78, 5) is 29.4. The van der Waals surface area contributed by atoms with E-state index in [1.807, 2.05) is 69.3 Å². The maximum absolute atomic E-state index is 14.3. The number of benzene rings is 3. The molecular formula is C31H39ClN4O4S. The topological polar surface area (TPSA) is 90.0 Å². The Bertz CT molecular complexity index is 1460. The van der Waals surface area contributed by atoms with E-state index in [-0.39, 0.29) is 24.9 Å². The molecule has 1 N–H and O–H groups in total. The van der Waals surface area contributed by atoms with Crippen LogP contribution in [0.25, 0.3) is 0 Å². The molecule has 0 fully saturated rings. The summed E-state index contributed by atoms with van der Waals surface area (Å²) in [6, 6.07) is 20.9. The van der Waals surface area contributed by atoms with Crippen LogP contribution in [0.15, 0.2) is 72.8 Å². The maximum atomic E-state index is 14.3. The van der Waals surface area contributed by atoms with Crippen molar-refractivity contribution < 1.29 is 18.0 Å². The third kappa shape index (κ3) is 8.55. The average molecular weight is 599 g/mol. The lowest BCUT2D eigenvalue weighted by molar-refractivity contribution is -0.140. The third-order valence-corrected chi connectivity index (χ3v) is 8.64. The third-order valence-electron chi connectivity index (χ3n) is 6.60. The van der Waals surface area contributed by atoms with Crippen LogP contribution in [0, 0.1) is 13.8 Å². The standard InChI is InChI=1S/C31H39ClN4O4S/c1-22(2)33-31(38)29(19-25-11-8-7-9-12-25)35(20-26-13-10-14-27(32)18-26)30(37)21-36(41(39,40)34(5)6)28-17-23(3)15-16-24(28)4/h7-18,22,29H,19-21H2,1-6H3,(H,33,38)/t29-/m0/s1. The molecule has 3 aromatic rings. The normalized spacial score (nSPS) is 12.3. The molecular weight excluding hydrogens is 560 g/mol. The molecule has 0 spiro atoms. The predicted molar refractivity (Wildman–Crippen MR) is 165 cm³/mol. The quantitative estimate of drug-likeness (QED) is 0.326. The number of carbonyl (C=O) groups is 2. The molecule has 10 heteroatoms. The van der Waals surface area contributed by atoms with Gasteiger partial charge in [-0.15, -0.1) is 0 Å². The molecule has 0 aliphatic rings. The lowest BCUT2D eigenvalue weighted by Gasteiger charge is -2.35. The summed E-state index contributed by atoms with van der Waals surface area (Å²) in [7, 11) is -1.21. The summed E-state index contributed by atoms with van der Waals surface area (Å²) in [5.74, 6) is -0.843. The highest BCUT2D eigenvalue weighted by Gasteiger charge is 2.35. The highest BCUT2D eigenvalue weighted by atomic mass is 35.5. The zero-order valence-corrected chi connectivity index (χ0v) is 26.0. The van der Waals surface area contributed by atoms with E-state index in [4.69, 9.17) is 11.6 Å². The minimum absolute atomic E-state index is 0.0606. The van der Waals surface area contributed by atoms with Gasteiger partial charge in [0, 0.05) is 38.1 Å². The number of carbonyl (C=O) groups excluding carboxylic acids is 2. The SMILES string of the molecule is Cc1ccc(C)c(N(CC(=O)N(Cc2cccc(Cl)c2)[C@@H](Cc2ccccc2)C(=O)NC(C)C)S(=O)(=O)N(C)C)c1. The number of hydrogen-bond donors (Lipinski definition) is 1. The van der Waals surface area contributed by atoms with Gasteiger partial charge in [-0.2, -0.15) is 12.7 Å². The monoisotopic (exact) mass is 598 g/mol. The lowest BCUT2D eigenvalue weighted by Crippen LogP contribution is -2.55. The van der Waals surface area contributed by atoms with Gasteiger partial charge in [0.15, 0.2) is 0 Å². The first-order chi connectivity index (χ1) is 19.3. The fourth-order valence-electron chi connectivity index (χ4n) is 4.46. The van der Waals surface area contributed by atoms with Gasteiger partial charge < -0.3 is 10.2 Å². The van der Waals surface area contributed by atoms with Gasteiger partial charge in [0.05, 0.1) is 5.69 Å². The minimum atomic E-state index is -4.07. The number of rotatable bonds is 12. The lowest BCUT2D eigenvalue weighted by atomic mass is 10.0. The summed E-state index contributed by atoms with van der Waals surface area (Å²) in [6.45, 7) is 6.94. The second-order valence-corrected chi connectivity index (χ2v) is 13.1. The van der Waals surface area contributed by atoms with Crippen molar-refractivity contribution in [1.82, 2.24) is 14.5 Å². The van der Waals surface area contributed by atoms with Crippen LogP contribution < -0.4 is 9.62 Å². The predicted octanol–water partition coefficient (Wildman–Crippen LogP) is 4.73. The van der Waals surface area contributed by atoms with Gasteiger partial charge in [-0.1, -0.05) is 66.2 Å². The second-order valence-electron chi connectivity index (χ2n) is 10.6. The number of aryl methyl sites for hydroxylation is 2. The van der Waals surface area contributed by atoms with Crippen molar-refractivity contribution >= 4 is 39.3 Å². The van der Waals surface area contributed by atoms with E-state index in [0.717, 1.165) is 25.3 Å². The number of halogens is 1. The van der Waals surface area contributed by atoms with Gasteiger partial charge >= 0.3 is 10.2 Å². The van der Waals surface area contributed by atoms with Crippen LogP contribution >= 0.6 is 11.6 Å². The van der Waals surface area contributed by atoms with Crippen LogP contribution in [0.5, 0.6) is 0 Å². The fraction of sp³-hybridized carbons (Fsp3) is 0.355. The Morgan fingerprint density at radius 3 is 2.17 bits per heavy atom. The van der Waals surface area contributed by atoms with Gasteiger partial charge in [0.2, 0.25) is 11.8 Å². The largest absolute Gasteiger partial charge is 0.352 e. The molecule has 0 saturated heterocycles. The van der Waals surface area contributed by atoms with Crippen molar-refractivity contribution in [3.8, 4) is 0 Å². The van der Waals surface area contributed by atoms with E-state index in [9.17, 15) is 18.0 Å². The number of hydrogen-bond acceptors (Lipinski definition) is 4. The van der Waals surface area contributed by atoms with E-state index in [0.29, 0.717) is 16.3 Å². The second kappa shape index (κ2) is 14.0. The average Bonchev–Trinajstić information content (AvgIpc) is 2.90. The van der Waals surface area contributed by atoms with Crippen molar-refractivity contribution in [2.75, 3.05) is 24.9 Å². The molecule has 0 aromatic heterocycles. The first-order valence-corrected chi connectivity index (χ1v) is 15.2. The van der Waals surface area contributed by atoms with Gasteiger partial charge in [0.1, 0.15) is 12.6 Å². The molecule has 0 heterocycles. The Labute approximate surface area is 249 Å². The van der Waals surface area contributed by atoms with Crippen LogP contribution in [0.4, 0.5) is 5.69 Å². The van der Waals surface area contributed by atoms with E-state index < -0.39 is 28.7 Å². The van der Waals surface area contributed by atoms with E-state index in [1.165, 1.54) is 19.0 Å². The van der Waals surface area contributed by atoms with Crippen LogP contribution in [0.2, 0.25) is 5.02 Å². The maximum Gasteiger partial charge on any atom is 0.304 e. The van der Waals surface area contributed by atoms with E-state index in [1.54, 1.807) is 31.2 Å². The zero-order chi connectivity index (χ0) is 30.3. The molecule has 1 atom stereocenters. The van der Waals surface area contributed by atoms with Crippen molar-refractivity contribution in [2.24, 2.45) is 0 Å². The van der Waals surface area contributed by atoms with Crippen LogP contribution in [-0.2, 0) is 32.8 Å². The van der Waals surface area contributed by atoms with Crippen LogP contribution in [0.3, 0.4) is 0 Å². The molecule has 0 radical (unpaired) electrons. The first-order valence-electron chi connectivity index (χ1n) is 13.4. The fourth-order valence-corrected chi connectivity index (χ4v) is 5.78. The molecule has 3 aromatic carbocycles. The minimum Gasteiger partial charge on any atom is -0.352 e.